The van der Waals surface area contributed by atoms with Gasteiger partial charge in [-0.25, -0.2) is 22.7 Å². The van der Waals surface area contributed by atoms with Crippen molar-refractivity contribution in [1.82, 2.24) is 4.72 Å². The zero-order chi connectivity index (χ0) is 25.6. The number of nitrogens with one attached hydrogen (secondary N) is 2. The number of anilines is 1. The number of carbonyl (C=O) groups excluding carboxylic acids is 1. The van der Waals surface area contributed by atoms with Gasteiger partial charge >= 0.3 is 12.0 Å². The summed E-state index contributed by atoms with van der Waals surface area (Å²) in [4.78, 5) is 23.7. The number of hydrogen-bond acceptors (Lipinski definition) is 6. The Labute approximate surface area is 203 Å². The van der Waals surface area contributed by atoms with Crippen LogP contribution in [0, 0.1) is 6.92 Å². The van der Waals surface area contributed by atoms with Crippen molar-refractivity contribution in [2.24, 2.45) is 0 Å². The normalized spacial score (nSPS) is 11.5. The highest BCUT2D eigenvalue weighted by Crippen LogP contribution is 2.33. The molecule has 182 valence electrons. The molecule has 10 heteroatoms. The number of hydrogen-bond donors (Lipinski definition) is 3. The fourth-order valence-electron chi connectivity index (χ4n) is 3.25. The number of aliphatic carboxylic acids is 1. The molecule has 9 nitrogen and oxygen atoms in total. The third-order valence-electron chi connectivity index (χ3n) is 4.97. The Morgan fingerprint density at radius 2 is 1.46 bits per heavy atom. The van der Waals surface area contributed by atoms with Crippen molar-refractivity contribution in [2.45, 2.75) is 11.8 Å². The second kappa shape index (κ2) is 10.7. The minimum absolute atomic E-state index is 0.0352. The van der Waals surface area contributed by atoms with Crippen LogP contribution in [0.4, 0.5) is 10.5 Å². The number of sulfonamides is 1. The van der Waals surface area contributed by atoms with Gasteiger partial charge in [0.05, 0.1) is 19.1 Å². The number of rotatable bonds is 8. The maximum absolute atomic E-state index is 12.4. The van der Waals surface area contributed by atoms with Crippen LogP contribution in [0.2, 0.25) is 0 Å². The lowest BCUT2D eigenvalue weighted by molar-refractivity contribution is -0.131. The number of carboxylic acids is 1. The van der Waals surface area contributed by atoms with Crippen molar-refractivity contribution in [1.29, 1.82) is 0 Å². The standard InChI is InChI=1S/C25H24N2O7S/c1-16-4-11-20(12-5-16)35(31,32)27-25(30)26-19-9-6-17(7-10-19)21(15-24(28)29)18-8-13-22(33-2)23(14-18)34-3/h4-15H,1-3H3,(H,28,29)(H2,26,27,30). The summed E-state index contributed by atoms with van der Waals surface area (Å²) in [5.41, 5.74) is 2.73. The molecule has 0 saturated carbocycles. The largest absolute Gasteiger partial charge is 0.493 e. The van der Waals surface area contributed by atoms with E-state index >= 15 is 0 Å². The van der Waals surface area contributed by atoms with Gasteiger partial charge in [-0.1, -0.05) is 35.9 Å². The fourth-order valence-corrected chi connectivity index (χ4v) is 4.16. The topological polar surface area (TPSA) is 131 Å². The Morgan fingerprint density at radius 1 is 0.857 bits per heavy atom. The van der Waals surface area contributed by atoms with E-state index in [2.05, 4.69) is 5.32 Å². The molecule has 0 radical (unpaired) electrons. The van der Waals surface area contributed by atoms with Gasteiger partial charge in [-0.15, -0.1) is 0 Å². The van der Waals surface area contributed by atoms with E-state index in [4.69, 9.17) is 9.47 Å². The predicted molar refractivity (Wildman–Crippen MR) is 131 cm³/mol. The Hall–Kier alpha value is -4.31. The van der Waals surface area contributed by atoms with E-state index in [1.54, 1.807) is 42.5 Å². The lowest BCUT2D eigenvalue weighted by atomic mass is 9.97. The van der Waals surface area contributed by atoms with E-state index < -0.39 is 22.0 Å². The van der Waals surface area contributed by atoms with Gasteiger partial charge in [-0.3, -0.25) is 0 Å². The quantitative estimate of drug-likeness (QED) is 0.401. The number of benzene rings is 3. The molecule has 0 fully saturated rings. The number of carboxylic acid groups (broad SMARTS) is 1. The van der Waals surface area contributed by atoms with Crippen LogP contribution in [0.3, 0.4) is 0 Å². The highest BCUT2D eigenvalue weighted by molar-refractivity contribution is 7.90. The first-order valence-corrected chi connectivity index (χ1v) is 11.8. The SMILES string of the molecule is COc1ccc(C(=CC(=O)O)c2ccc(NC(=O)NS(=O)(=O)c3ccc(C)cc3)cc2)cc1OC. The van der Waals surface area contributed by atoms with E-state index in [-0.39, 0.29) is 4.90 Å². The maximum Gasteiger partial charge on any atom is 0.333 e. The van der Waals surface area contributed by atoms with Gasteiger partial charge in [-0.05, 0) is 60.0 Å². The summed E-state index contributed by atoms with van der Waals surface area (Å²) in [6, 6.07) is 16.4. The highest BCUT2D eigenvalue weighted by Gasteiger charge is 2.18. The first-order chi connectivity index (χ1) is 16.6. The average molecular weight is 497 g/mol. The molecular formula is C25H24N2O7S. The Bertz CT molecular complexity index is 1360. The van der Waals surface area contributed by atoms with Crippen molar-refractivity contribution in [3.8, 4) is 11.5 Å². The van der Waals surface area contributed by atoms with Gasteiger partial charge in [0, 0.05) is 11.8 Å². The third-order valence-corrected chi connectivity index (χ3v) is 6.32. The number of methoxy groups -OCH3 is 2. The number of ether oxygens (including phenoxy) is 2. The lowest BCUT2D eigenvalue weighted by Gasteiger charge is -2.13. The van der Waals surface area contributed by atoms with Crippen LogP contribution in [0.15, 0.2) is 77.7 Å². The molecule has 3 rings (SSSR count). The van der Waals surface area contributed by atoms with E-state index in [0.717, 1.165) is 11.6 Å². The van der Waals surface area contributed by atoms with Crippen LogP contribution in [0.1, 0.15) is 16.7 Å². The molecule has 0 heterocycles. The van der Waals surface area contributed by atoms with Gasteiger partial charge in [0.15, 0.2) is 11.5 Å². The lowest BCUT2D eigenvalue weighted by Crippen LogP contribution is -2.34. The van der Waals surface area contributed by atoms with E-state index in [1.165, 1.54) is 38.5 Å². The van der Waals surface area contributed by atoms with Crippen molar-refractivity contribution < 1.29 is 32.6 Å². The zero-order valence-corrected chi connectivity index (χ0v) is 20.0. The molecule has 0 spiro atoms. The summed E-state index contributed by atoms with van der Waals surface area (Å²) >= 11 is 0. The smallest absolute Gasteiger partial charge is 0.333 e. The second-order valence-corrected chi connectivity index (χ2v) is 9.10. The number of urea groups is 1. The molecule has 0 unspecified atom stereocenters. The first kappa shape index (κ1) is 25.3. The minimum atomic E-state index is -4.04. The number of aryl methyl sites for hydroxylation is 1. The van der Waals surface area contributed by atoms with Crippen LogP contribution >= 0.6 is 0 Å². The van der Waals surface area contributed by atoms with Crippen LogP contribution in [-0.2, 0) is 14.8 Å². The molecule has 0 bridgehead atoms. The molecule has 0 atom stereocenters. The molecule has 0 saturated heterocycles. The van der Waals surface area contributed by atoms with E-state index in [1.807, 2.05) is 11.6 Å². The van der Waals surface area contributed by atoms with E-state index in [9.17, 15) is 23.1 Å². The summed E-state index contributed by atoms with van der Waals surface area (Å²) in [5.74, 6) is -0.208. The monoisotopic (exact) mass is 496 g/mol. The zero-order valence-electron chi connectivity index (χ0n) is 19.2. The summed E-state index contributed by atoms with van der Waals surface area (Å²) in [6.07, 6.45) is 1.06. The third kappa shape index (κ3) is 6.39. The Balaban J connectivity index is 1.80. The van der Waals surface area contributed by atoms with Crippen LogP contribution < -0.4 is 19.5 Å². The van der Waals surface area contributed by atoms with Gasteiger partial charge < -0.3 is 19.9 Å². The van der Waals surface area contributed by atoms with Crippen LogP contribution in [0.25, 0.3) is 5.57 Å². The van der Waals surface area contributed by atoms with Gasteiger partial charge in [0.1, 0.15) is 0 Å². The second-order valence-electron chi connectivity index (χ2n) is 7.42. The Morgan fingerprint density at radius 3 is 2.03 bits per heavy atom. The maximum atomic E-state index is 12.4. The molecule has 0 aliphatic carbocycles. The van der Waals surface area contributed by atoms with Crippen LogP contribution in [0.5, 0.6) is 11.5 Å². The van der Waals surface area contributed by atoms with Gasteiger partial charge in [0.2, 0.25) is 0 Å². The summed E-state index contributed by atoms with van der Waals surface area (Å²) in [5, 5.41) is 11.8. The average Bonchev–Trinajstić information content (AvgIpc) is 2.82. The van der Waals surface area contributed by atoms with Gasteiger partial charge in [-0.2, -0.15) is 0 Å². The summed E-state index contributed by atoms with van der Waals surface area (Å²) in [6.45, 7) is 1.82. The minimum Gasteiger partial charge on any atom is -0.493 e. The number of amides is 2. The summed E-state index contributed by atoms with van der Waals surface area (Å²) in [7, 11) is -1.06. The van der Waals surface area contributed by atoms with Crippen molar-refractivity contribution in [3.63, 3.8) is 0 Å². The molecule has 0 aliphatic rings. The van der Waals surface area contributed by atoms with E-state index in [0.29, 0.717) is 33.9 Å². The van der Waals surface area contributed by atoms with Crippen molar-refractivity contribution in [3.05, 3.63) is 89.5 Å². The molecule has 35 heavy (non-hydrogen) atoms. The predicted octanol–water partition coefficient (Wildman–Crippen LogP) is 4.04. The molecular weight excluding hydrogens is 472 g/mol. The van der Waals surface area contributed by atoms with Crippen molar-refractivity contribution in [2.75, 3.05) is 19.5 Å². The fraction of sp³-hybridized carbons (Fsp3) is 0.120. The van der Waals surface area contributed by atoms with Crippen LogP contribution in [-0.4, -0.2) is 39.7 Å². The Kier molecular flexibility index (Phi) is 7.77. The summed E-state index contributed by atoms with van der Waals surface area (Å²) < 4.78 is 37.3. The van der Waals surface area contributed by atoms with Crippen molar-refractivity contribution >= 4 is 33.3 Å². The molecule has 3 N–H and O–H groups in total. The molecule has 3 aromatic carbocycles. The molecule has 2 amide bonds. The van der Waals surface area contributed by atoms with Gasteiger partial charge in [0.25, 0.3) is 10.0 Å². The first-order valence-electron chi connectivity index (χ1n) is 10.3. The molecule has 3 aromatic rings. The molecule has 0 aromatic heterocycles. The highest BCUT2D eigenvalue weighted by atomic mass is 32.2. The number of carbonyl (C=O) groups is 2. The molecule has 0 aliphatic heterocycles.